The van der Waals surface area contributed by atoms with Crippen LogP contribution in [0.3, 0.4) is 0 Å². The van der Waals surface area contributed by atoms with Gasteiger partial charge in [-0.25, -0.2) is 9.97 Å². The van der Waals surface area contributed by atoms with Crippen molar-refractivity contribution in [2.75, 3.05) is 36.0 Å². The van der Waals surface area contributed by atoms with Gasteiger partial charge in [0.05, 0.1) is 15.1 Å². The minimum Gasteiger partial charge on any atom is -0.362 e. The van der Waals surface area contributed by atoms with Gasteiger partial charge in [-0.1, -0.05) is 15.9 Å². The van der Waals surface area contributed by atoms with Crippen molar-refractivity contribution >= 4 is 54.7 Å². The summed E-state index contributed by atoms with van der Waals surface area (Å²) in [5.74, 6) is 0.948. The fourth-order valence-corrected chi connectivity index (χ4v) is 4.28. The van der Waals surface area contributed by atoms with Crippen LogP contribution in [0.5, 0.6) is 0 Å². The highest BCUT2D eigenvalue weighted by atomic mass is 79.9. The number of nitro benzene ring substituents is 1. The molecule has 25 heavy (non-hydrogen) atoms. The van der Waals surface area contributed by atoms with Crippen LogP contribution >= 0.6 is 27.3 Å². The molecule has 2 aromatic heterocycles. The Labute approximate surface area is 156 Å². The lowest BCUT2D eigenvalue weighted by molar-refractivity contribution is -0.384. The van der Waals surface area contributed by atoms with Gasteiger partial charge in [-0.05, 0) is 23.6 Å². The van der Waals surface area contributed by atoms with Crippen molar-refractivity contribution in [2.45, 2.75) is 0 Å². The summed E-state index contributed by atoms with van der Waals surface area (Å²) < 4.78 is 1.93. The first-order valence-corrected chi connectivity index (χ1v) is 9.43. The van der Waals surface area contributed by atoms with Crippen LogP contribution in [0.25, 0.3) is 10.2 Å². The summed E-state index contributed by atoms with van der Waals surface area (Å²) >= 11 is 5.05. The van der Waals surface area contributed by atoms with Gasteiger partial charge >= 0.3 is 0 Å². The highest BCUT2D eigenvalue weighted by Gasteiger charge is 2.25. The molecular formula is C16H14BrN5O2S. The Morgan fingerprint density at radius 3 is 2.64 bits per heavy atom. The van der Waals surface area contributed by atoms with Gasteiger partial charge in [0, 0.05) is 36.7 Å². The maximum atomic E-state index is 11.3. The number of nitro groups is 1. The fraction of sp³-hybridized carbons (Fsp3) is 0.250. The molecule has 0 atom stereocenters. The number of benzene rings is 1. The van der Waals surface area contributed by atoms with E-state index in [4.69, 9.17) is 0 Å². The van der Waals surface area contributed by atoms with Gasteiger partial charge in [0.25, 0.3) is 5.69 Å². The third-order valence-corrected chi connectivity index (χ3v) is 5.67. The van der Waals surface area contributed by atoms with Crippen LogP contribution in [0.2, 0.25) is 0 Å². The minimum atomic E-state index is -0.326. The zero-order valence-corrected chi connectivity index (χ0v) is 15.5. The quantitative estimate of drug-likeness (QED) is 0.475. The van der Waals surface area contributed by atoms with E-state index in [1.807, 2.05) is 17.5 Å². The standard InChI is InChI=1S/C16H14BrN5O2S/c17-11-1-2-13(22(23)24)14(9-11)20-4-6-21(7-5-20)16-15-12(3-8-25-15)18-10-19-16/h1-3,8-10H,4-7H2. The predicted molar refractivity (Wildman–Crippen MR) is 103 cm³/mol. The number of halogens is 1. The maximum absolute atomic E-state index is 11.3. The summed E-state index contributed by atoms with van der Waals surface area (Å²) in [5.41, 5.74) is 1.75. The minimum absolute atomic E-state index is 0.138. The Balaban J connectivity index is 1.57. The van der Waals surface area contributed by atoms with Gasteiger partial charge in [0.2, 0.25) is 0 Å². The van der Waals surface area contributed by atoms with Crippen molar-refractivity contribution in [3.63, 3.8) is 0 Å². The second-order valence-electron chi connectivity index (χ2n) is 5.70. The number of fused-ring (bicyclic) bond motifs is 1. The first-order chi connectivity index (χ1) is 12.1. The normalized spacial score (nSPS) is 14.9. The van der Waals surface area contributed by atoms with Crippen molar-refractivity contribution in [2.24, 2.45) is 0 Å². The Hall–Kier alpha value is -2.26. The molecule has 128 valence electrons. The topological polar surface area (TPSA) is 75.4 Å². The van der Waals surface area contributed by atoms with E-state index in [1.54, 1.807) is 29.8 Å². The molecule has 4 rings (SSSR count). The number of piperazine rings is 1. The molecule has 0 bridgehead atoms. The molecule has 1 aliphatic rings. The van der Waals surface area contributed by atoms with Gasteiger partial charge in [-0.15, -0.1) is 11.3 Å². The second kappa shape index (κ2) is 6.57. The molecule has 3 heterocycles. The van der Waals surface area contributed by atoms with Gasteiger partial charge in [0.1, 0.15) is 17.8 Å². The smallest absolute Gasteiger partial charge is 0.292 e. The van der Waals surface area contributed by atoms with Gasteiger partial charge in [-0.3, -0.25) is 10.1 Å². The van der Waals surface area contributed by atoms with E-state index in [9.17, 15) is 10.1 Å². The third-order valence-electron chi connectivity index (χ3n) is 4.28. The number of rotatable bonds is 3. The molecule has 1 aliphatic heterocycles. The van der Waals surface area contributed by atoms with Gasteiger partial charge in [0.15, 0.2) is 0 Å². The lowest BCUT2D eigenvalue weighted by Crippen LogP contribution is -2.47. The Morgan fingerprint density at radius 1 is 1.12 bits per heavy atom. The molecule has 3 aromatic rings. The average molecular weight is 420 g/mol. The number of thiophene rings is 1. The SMILES string of the molecule is O=[N+]([O-])c1ccc(Br)cc1N1CCN(c2ncnc3ccsc23)CC1. The molecule has 9 heteroatoms. The lowest BCUT2D eigenvalue weighted by atomic mass is 10.2. The van der Waals surface area contributed by atoms with E-state index >= 15 is 0 Å². The predicted octanol–water partition coefficient (Wildman–Crippen LogP) is 3.69. The van der Waals surface area contributed by atoms with Crippen LogP contribution in [-0.4, -0.2) is 41.1 Å². The monoisotopic (exact) mass is 419 g/mol. The van der Waals surface area contributed by atoms with Crippen LogP contribution in [0.1, 0.15) is 0 Å². The molecule has 0 aliphatic carbocycles. The molecule has 0 amide bonds. The van der Waals surface area contributed by atoms with E-state index < -0.39 is 0 Å². The van der Waals surface area contributed by atoms with Crippen LogP contribution in [0.15, 0.2) is 40.4 Å². The number of hydrogen-bond acceptors (Lipinski definition) is 7. The largest absolute Gasteiger partial charge is 0.362 e. The zero-order valence-electron chi connectivity index (χ0n) is 13.1. The molecular weight excluding hydrogens is 406 g/mol. The molecule has 0 N–H and O–H groups in total. The zero-order chi connectivity index (χ0) is 17.4. The van der Waals surface area contributed by atoms with E-state index in [0.717, 1.165) is 33.6 Å². The van der Waals surface area contributed by atoms with Crippen molar-refractivity contribution in [1.29, 1.82) is 0 Å². The molecule has 1 saturated heterocycles. The molecule has 0 spiro atoms. The molecule has 7 nitrogen and oxygen atoms in total. The summed E-state index contributed by atoms with van der Waals surface area (Å²) in [5, 5.41) is 13.3. The molecule has 1 fully saturated rings. The summed E-state index contributed by atoms with van der Waals surface area (Å²) in [6.45, 7) is 2.92. The molecule has 0 saturated carbocycles. The van der Waals surface area contributed by atoms with Crippen molar-refractivity contribution in [1.82, 2.24) is 9.97 Å². The first-order valence-electron chi connectivity index (χ1n) is 7.75. The van der Waals surface area contributed by atoms with Gasteiger partial charge < -0.3 is 9.80 Å². The second-order valence-corrected chi connectivity index (χ2v) is 7.53. The maximum Gasteiger partial charge on any atom is 0.292 e. The summed E-state index contributed by atoms with van der Waals surface area (Å²) in [4.78, 5) is 24.0. The highest BCUT2D eigenvalue weighted by Crippen LogP contribution is 2.33. The van der Waals surface area contributed by atoms with Crippen molar-refractivity contribution < 1.29 is 4.92 Å². The molecule has 0 unspecified atom stereocenters. The van der Waals surface area contributed by atoms with E-state index in [2.05, 4.69) is 35.7 Å². The lowest BCUT2D eigenvalue weighted by Gasteiger charge is -2.36. The van der Waals surface area contributed by atoms with Crippen molar-refractivity contribution in [3.05, 3.63) is 50.6 Å². The summed E-state index contributed by atoms with van der Waals surface area (Å²) in [6, 6.07) is 7.06. The van der Waals surface area contributed by atoms with Crippen LogP contribution < -0.4 is 9.80 Å². The average Bonchev–Trinajstić information content (AvgIpc) is 3.10. The van der Waals surface area contributed by atoms with E-state index in [-0.39, 0.29) is 10.6 Å². The van der Waals surface area contributed by atoms with Crippen LogP contribution in [-0.2, 0) is 0 Å². The van der Waals surface area contributed by atoms with Crippen LogP contribution in [0, 0.1) is 10.1 Å². The summed E-state index contributed by atoms with van der Waals surface area (Å²) in [7, 11) is 0. The number of aromatic nitrogens is 2. The molecule has 1 aromatic carbocycles. The molecule has 0 radical (unpaired) electrons. The Kier molecular flexibility index (Phi) is 4.26. The fourth-order valence-electron chi connectivity index (χ4n) is 3.06. The number of hydrogen-bond donors (Lipinski definition) is 0. The summed E-state index contributed by atoms with van der Waals surface area (Å²) in [6.07, 6.45) is 1.59. The Morgan fingerprint density at radius 2 is 1.88 bits per heavy atom. The number of anilines is 2. The van der Waals surface area contributed by atoms with E-state index in [0.29, 0.717) is 18.8 Å². The van der Waals surface area contributed by atoms with Crippen LogP contribution in [0.4, 0.5) is 17.2 Å². The first kappa shape index (κ1) is 16.2. The van der Waals surface area contributed by atoms with Gasteiger partial charge in [-0.2, -0.15) is 0 Å². The van der Waals surface area contributed by atoms with E-state index in [1.165, 1.54) is 0 Å². The highest BCUT2D eigenvalue weighted by molar-refractivity contribution is 9.10. The Bertz CT molecular complexity index is 939. The third kappa shape index (κ3) is 3.05. The van der Waals surface area contributed by atoms with Crippen molar-refractivity contribution in [3.8, 4) is 0 Å². The number of nitrogens with zero attached hydrogens (tertiary/aromatic N) is 5.